The highest BCUT2D eigenvalue weighted by Crippen LogP contribution is 2.56. The van der Waals surface area contributed by atoms with E-state index in [1.807, 2.05) is 11.3 Å². The molecule has 1 aromatic heterocycles. The van der Waals surface area contributed by atoms with Crippen molar-refractivity contribution in [1.29, 1.82) is 0 Å². The molecule has 2 fully saturated rings. The van der Waals surface area contributed by atoms with Crippen molar-refractivity contribution in [3.05, 3.63) is 199 Å². The lowest BCUT2D eigenvalue weighted by molar-refractivity contribution is 0.0784. The van der Waals surface area contributed by atoms with Crippen LogP contribution in [0.2, 0.25) is 0 Å². The van der Waals surface area contributed by atoms with Gasteiger partial charge in [0, 0.05) is 48.7 Å². The van der Waals surface area contributed by atoms with Gasteiger partial charge in [-0.25, -0.2) is 0 Å². The second-order valence-electron chi connectivity index (χ2n) is 19.9. The Morgan fingerprint density at radius 1 is 0.492 bits per heavy atom. The average Bonchev–Trinajstić information content (AvgIpc) is 3.81. The summed E-state index contributed by atoms with van der Waals surface area (Å²) in [5.41, 5.74) is 15.0. The van der Waals surface area contributed by atoms with E-state index < -0.39 is 0 Å². The van der Waals surface area contributed by atoms with E-state index in [-0.39, 0.29) is 5.41 Å². The van der Waals surface area contributed by atoms with E-state index in [1.165, 1.54) is 95.9 Å². The molecule has 3 aliphatic carbocycles. The molecule has 0 N–H and O–H groups in total. The molecule has 0 atom stereocenters. The highest BCUT2D eigenvalue weighted by atomic mass is 32.1. The molecule has 0 radical (unpaired) electrons. The quantitative estimate of drug-likeness (QED) is 0.151. The molecule has 65 heavy (non-hydrogen) atoms. The van der Waals surface area contributed by atoms with Crippen LogP contribution in [0.4, 0.5) is 17.1 Å². The summed E-state index contributed by atoms with van der Waals surface area (Å²) in [6, 6.07) is 67.4. The lowest BCUT2D eigenvalue weighted by Crippen LogP contribution is -2.37. The van der Waals surface area contributed by atoms with Gasteiger partial charge in [-0.2, -0.15) is 0 Å². The third kappa shape index (κ3) is 6.90. The zero-order chi connectivity index (χ0) is 43.8. The van der Waals surface area contributed by atoms with E-state index in [4.69, 9.17) is 4.74 Å². The normalized spacial score (nSPS) is 20.6. The Bertz CT molecular complexity index is 3200. The van der Waals surface area contributed by atoms with E-state index in [1.54, 1.807) is 0 Å². The summed E-state index contributed by atoms with van der Waals surface area (Å²) in [4.78, 5) is 2.46. The number of nitrogens with zero attached hydrogens (tertiary/aromatic N) is 1. The average molecular weight is 862 g/mol. The van der Waals surface area contributed by atoms with Crippen molar-refractivity contribution in [3.63, 3.8) is 0 Å². The van der Waals surface area contributed by atoms with Crippen LogP contribution in [0, 0.1) is 23.7 Å². The molecule has 0 unspecified atom stereocenters. The third-order valence-corrected chi connectivity index (χ3v) is 16.4. The third-order valence-electron chi connectivity index (χ3n) is 15.3. The van der Waals surface area contributed by atoms with Gasteiger partial charge >= 0.3 is 0 Å². The molecule has 0 amide bonds. The first-order chi connectivity index (χ1) is 31.8. The highest BCUT2D eigenvalue weighted by molar-refractivity contribution is 7.25. The summed E-state index contributed by atoms with van der Waals surface area (Å²) in [6.45, 7) is 9.70. The predicted molar refractivity (Wildman–Crippen MR) is 275 cm³/mol. The van der Waals surface area contributed by atoms with Crippen LogP contribution in [-0.2, 0) is 5.41 Å². The summed E-state index contributed by atoms with van der Waals surface area (Å²) < 4.78 is 9.70. The molecule has 3 heteroatoms. The topological polar surface area (TPSA) is 12.5 Å². The minimum Gasteiger partial charge on any atom is -0.457 e. The van der Waals surface area contributed by atoms with Crippen molar-refractivity contribution >= 4 is 48.6 Å². The summed E-state index contributed by atoms with van der Waals surface area (Å²) in [5, 5.41) is 2.66. The Balaban J connectivity index is 1.00. The number of thiophene rings is 1. The fourth-order valence-electron chi connectivity index (χ4n) is 12.6. The summed E-state index contributed by atoms with van der Waals surface area (Å²) in [5.74, 6) is 5.26. The van der Waals surface area contributed by atoms with Crippen LogP contribution in [0.25, 0.3) is 53.6 Å². The van der Waals surface area contributed by atoms with E-state index in [0.717, 1.165) is 40.4 Å². The van der Waals surface area contributed by atoms with Crippen LogP contribution >= 0.6 is 11.3 Å². The molecule has 0 saturated heterocycles. The maximum absolute atomic E-state index is 7.05. The Hall–Kier alpha value is -6.42. The molecular formula is C62H55NOS. The molecule has 3 aliphatic rings. The van der Waals surface area contributed by atoms with Crippen LogP contribution in [0.1, 0.15) is 76.0 Å². The van der Waals surface area contributed by atoms with Crippen LogP contribution in [0.15, 0.2) is 182 Å². The summed E-state index contributed by atoms with van der Waals surface area (Å²) in [7, 11) is 0. The Morgan fingerprint density at radius 2 is 1.08 bits per heavy atom. The first-order valence-corrected chi connectivity index (χ1v) is 24.6. The number of ether oxygens (including phenoxy) is 1. The molecule has 320 valence electrons. The van der Waals surface area contributed by atoms with Crippen LogP contribution in [0.5, 0.6) is 11.5 Å². The Labute approximate surface area is 388 Å². The lowest BCUT2D eigenvalue weighted by atomic mass is 9.57. The predicted octanol–water partition coefficient (Wildman–Crippen LogP) is 18.1. The van der Waals surface area contributed by atoms with Crippen LogP contribution < -0.4 is 9.64 Å². The zero-order valence-corrected chi connectivity index (χ0v) is 38.6. The maximum atomic E-state index is 7.05. The van der Waals surface area contributed by atoms with E-state index >= 15 is 0 Å². The fourth-order valence-corrected chi connectivity index (χ4v) is 13.7. The number of benzene rings is 8. The lowest BCUT2D eigenvalue weighted by Gasteiger charge is -2.48. The van der Waals surface area contributed by atoms with Crippen molar-refractivity contribution in [1.82, 2.24) is 0 Å². The number of para-hydroxylation sites is 1. The van der Waals surface area contributed by atoms with Crippen LogP contribution in [-0.4, -0.2) is 0 Å². The minimum atomic E-state index is -0.129. The monoisotopic (exact) mass is 861 g/mol. The van der Waals surface area contributed by atoms with Gasteiger partial charge in [-0.05, 0) is 160 Å². The second-order valence-corrected chi connectivity index (χ2v) is 21.0. The number of hydrogen-bond donors (Lipinski definition) is 0. The molecule has 12 rings (SSSR count). The van der Waals surface area contributed by atoms with Gasteiger partial charge in [-0.3, -0.25) is 0 Å². The van der Waals surface area contributed by atoms with Gasteiger partial charge in [0.2, 0.25) is 0 Å². The standard InChI is InChI=1S/C62H55NOS/c1-39-33-42-35-40(2)36-43(34-39)60(42)53-32-30-46(38-57(53)64-47-15-6-5-7-16-47)63(45-29-31-51-50-19-10-12-22-55(50)62(3,4)56(51)37-45)44-27-25-41(26-28-44)48-17-8-9-18-49(48)52-21-14-24-59-61(52)54-20-11-13-23-58(54)65-59/h5-32,37-40,42-43,60H,33-36H2,1-4H3. The molecule has 1 heterocycles. The van der Waals surface area contributed by atoms with E-state index in [9.17, 15) is 0 Å². The van der Waals surface area contributed by atoms with Gasteiger partial charge < -0.3 is 9.64 Å². The number of rotatable bonds is 8. The Morgan fingerprint density at radius 3 is 1.85 bits per heavy atom. The zero-order valence-electron chi connectivity index (χ0n) is 37.8. The number of fused-ring (bicyclic) bond motifs is 8. The minimum absolute atomic E-state index is 0.129. The molecule has 8 aromatic carbocycles. The maximum Gasteiger partial charge on any atom is 0.133 e. The van der Waals surface area contributed by atoms with Crippen molar-refractivity contribution in [3.8, 4) is 44.9 Å². The Kier molecular flexibility index (Phi) is 9.83. The highest BCUT2D eigenvalue weighted by Gasteiger charge is 2.43. The first-order valence-electron chi connectivity index (χ1n) is 23.8. The smallest absolute Gasteiger partial charge is 0.133 e. The van der Waals surface area contributed by atoms with Crippen LogP contribution in [0.3, 0.4) is 0 Å². The molecule has 0 spiro atoms. The molecule has 2 nitrogen and oxygen atoms in total. The van der Waals surface area contributed by atoms with Gasteiger partial charge in [-0.1, -0.05) is 149 Å². The summed E-state index contributed by atoms with van der Waals surface area (Å²) in [6.07, 6.45) is 5.19. The van der Waals surface area contributed by atoms with Gasteiger partial charge in [0.05, 0.1) is 0 Å². The molecule has 2 saturated carbocycles. The van der Waals surface area contributed by atoms with Gasteiger partial charge in [-0.15, -0.1) is 11.3 Å². The number of anilines is 3. The van der Waals surface area contributed by atoms with E-state index in [0.29, 0.717) is 17.8 Å². The largest absolute Gasteiger partial charge is 0.457 e. The molecule has 0 aliphatic heterocycles. The first kappa shape index (κ1) is 40.1. The second kappa shape index (κ2) is 15.9. The molecule has 9 aromatic rings. The van der Waals surface area contributed by atoms with Crippen molar-refractivity contribution in [2.75, 3.05) is 4.90 Å². The molecule has 2 bridgehead atoms. The van der Waals surface area contributed by atoms with Gasteiger partial charge in [0.15, 0.2) is 0 Å². The van der Waals surface area contributed by atoms with Crippen molar-refractivity contribution in [2.24, 2.45) is 23.7 Å². The van der Waals surface area contributed by atoms with Crippen molar-refractivity contribution in [2.45, 2.75) is 64.7 Å². The van der Waals surface area contributed by atoms with Gasteiger partial charge in [0.1, 0.15) is 11.5 Å². The number of hydrogen-bond acceptors (Lipinski definition) is 3. The van der Waals surface area contributed by atoms with E-state index in [2.05, 4.69) is 215 Å². The van der Waals surface area contributed by atoms with Crippen molar-refractivity contribution < 1.29 is 4.74 Å². The summed E-state index contributed by atoms with van der Waals surface area (Å²) >= 11 is 1.88. The van der Waals surface area contributed by atoms with Gasteiger partial charge in [0.25, 0.3) is 0 Å². The SMILES string of the molecule is CC1CC2CC(C)CC(C1)C2c1ccc(N(c2ccc(-c3ccccc3-c3cccc4sc5ccccc5c34)cc2)c2ccc3c(c2)C(C)(C)c2ccccc2-3)cc1Oc1ccccc1. The fraction of sp³-hybridized carbons (Fsp3) is 0.226. The molecular weight excluding hydrogens is 807 g/mol.